The average molecular weight is 520 g/mol. The predicted molar refractivity (Wildman–Crippen MR) is 127 cm³/mol. The van der Waals surface area contributed by atoms with Gasteiger partial charge in [0.1, 0.15) is 6.54 Å². The largest absolute Gasteiger partial charge is 0.466 e. The minimum atomic E-state index is -4.58. The van der Waals surface area contributed by atoms with Crippen LogP contribution in [0.3, 0.4) is 0 Å². The Morgan fingerprint density at radius 1 is 1.08 bits per heavy atom. The Labute approximate surface area is 208 Å². The summed E-state index contributed by atoms with van der Waals surface area (Å²) < 4.78 is 46.7. The molecule has 11 heteroatoms. The van der Waals surface area contributed by atoms with Crippen molar-refractivity contribution in [2.75, 3.05) is 19.7 Å². The molecule has 0 saturated carbocycles. The van der Waals surface area contributed by atoms with E-state index in [-0.39, 0.29) is 34.7 Å². The lowest BCUT2D eigenvalue weighted by Gasteiger charge is -2.31. The Morgan fingerprint density at radius 2 is 1.81 bits per heavy atom. The molecule has 0 radical (unpaired) electrons. The number of amides is 2. The molecular formula is C25H24F3N3O4S. The lowest BCUT2D eigenvalue weighted by molar-refractivity contribution is -0.151. The van der Waals surface area contributed by atoms with Crippen molar-refractivity contribution in [2.45, 2.75) is 32.5 Å². The van der Waals surface area contributed by atoms with Gasteiger partial charge in [-0.15, -0.1) is 0 Å². The summed E-state index contributed by atoms with van der Waals surface area (Å²) >= 11 is 1.18. The zero-order valence-electron chi connectivity index (χ0n) is 19.5. The molecule has 2 aromatic carbocycles. The maximum atomic E-state index is 13.1. The number of thiazole rings is 1. The number of hydrogen-bond donors (Lipinski definition) is 0. The third kappa shape index (κ3) is 5.67. The highest BCUT2D eigenvalue weighted by Crippen LogP contribution is 2.29. The third-order valence-corrected chi connectivity index (χ3v) is 7.04. The number of alkyl halides is 3. The van der Waals surface area contributed by atoms with Crippen LogP contribution in [0.4, 0.5) is 13.2 Å². The first-order valence-corrected chi connectivity index (χ1v) is 12.3. The molecular weight excluding hydrogens is 495 g/mol. The van der Waals surface area contributed by atoms with Crippen LogP contribution >= 0.6 is 11.3 Å². The van der Waals surface area contributed by atoms with Crippen LogP contribution in [0.2, 0.25) is 0 Å². The molecule has 190 valence electrons. The molecule has 0 atom stereocenters. The third-order valence-electron chi connectivity index (χ3n) is 5.98. The van der Waals surface area contributed by atoms with Gasteiger partial charge < -0.3 is 14.2 Å². The second-order valence-electron chi connectivity index (χ2n) is 8.34. The molecule has 1 fully saturated rings. The predicted octanol–water partition coefficient (Wildman–Crippen LogP) is 4.26. The van der Waals surface area contributed by atoms with Crippen molar-refractivity contribution in [2.24, 2.45) is 10.9 Å². The van der Waals surface area contributed by atoms with Crippen LogP contribution in [0.5, 0.6) is 0 Å². The molecule has 4 rings (SSSR count). The fourth-order valence-electron chi connectivity index (χ4n) is 4.10. The van der Waals surface area contributed by atoms with Gasteiger partial charge in [0.25, 0.3) is 5.91 Å². The van der Waals surface area contributed by atoms with E-state index in [2.05, 4.69) is 4.99 Å². The van der Waals surface area contributed by atoms with Crippen molar-refractivity contribution in [1.29, 1.82) is 0 Å². The van der Waals surface area contributed by atoms with Gasteiger partial charge >= 0.3 is 12.1 Å². The number of piperidine rings is 1. The van der Waals surface area contributed by atoms with Gasteiger partial charge in [0.2, 0.25) is 5.91 Å². The van der Waals surface area contributed by atoms with Gasteiger partial charge in [-0.3, -0.25) is 14.4 Å². The van der Waals surface area contributed by atoms with Crippen LogP contribution in [0.15, 0.2) is 53.5 Å². The molecule has 0 unspecified atom stereocenters. The van der Waals surface area contributed by atoms with E-state index in [1.807, 2.05) is 12.1 Å². The van der Waals surface area contributed by atoms with E-state index in [4.69, 9.17) is 4.74 Å². The first kappa shape index (κ1) is 25.6. The number of halogens is 3. The fourth-order valence-corrected chi connectivity index (χ4v) is 5.13. The van der Waals surface area contributed by atoms with Gasteiger partial charge in [-0.2, -0.15) is 18.2 Å². The molecule has 0 spiro atoms. The number of rotatable bonds is 5. The molecule has 1 aliphatic rings. The second-order valence-corrected chi connectivity index (χ2v) is 9.35. The highest BCUT2D eigenvalue weighted by molar-refractivity contribution is 7.16. The Bertz CT molecular complexity index is 1350. The van der Waals surface area contributed by atoms with E-state index in [0.29, 0.717) is 38.1 Å². The Balaban J connectivity index is 1.59. The highest BCUT2D eigenvalue weighted by Gasteiger charge is 2.31. The molecule has 7 nitrogen and oxygen atoms in total. The Hall–Kier alpha value is -3.47. The zero-order chi connectivity index (χ0) is 25.9. The number of hydrogen-bond acceptors (Lipinski definition) is 5. The number of nitrogens with zero attached hydrogens (tertiary/aromatic N) is 3. The number of para-hydroxylation sites is 1. The molecule has 1 saturated heterocycles. The van der Waals surface area contributed by atoms with Crippen molar-refractivity contribution < 1.29 is 32.3 Å². The maximum Gasteiger partial charge on any atom is 0.416 e. The van der Waals surface area contributed by atoms with Gasteiger partial charge in [0.05, 0.1) is 28.3 Å². The topological polar surface area (TPSA) is 81.0 Å². The lowest BCUT2D eigenvalue weighted by Crippen LogP contribution is -2.42. The van der Waals surface area contributed by atoms with Gasteiger partial charge in [-0.25, -0.2) is 0 Å². The number of carbonyl (C=O) groups is 3. The first-order chi connectivity index (χ1) is 17.2. The van der Waals surface area contributed by atoms with Crippen molar-refractivity contribution in [1.82, 2.24) is 9.47 Å². The number of likely N-dealkylation sites (tertiary alicyclic amines) is 1. The highest BCUT2D eigenvalue weighted by atomic mass is 32.1. The number of aromatic nitrogens is 1. The summed E-state index contributed by atoms with van der Waals surface area (Å²) in [5, 5.41) is 0. The summed E-state index contributed by atoms with van der Waals surface area (Å²) in [5.74, 6) is -1.52. The van der Waals surface area contributed by atoms with Gasteiger partial charge in [-0.05, 0) is 50.1 Å². The van der Waals surface area contributed by atoms with Crippen molar-refractivity contribution in [3.05, 3.63) is 64.5 Å². The van der Waals surface area contributed by atoms with Crippen LogP contribution < -0.4 is 4.80 Å². The SMILES string of the molecule is CCOC(=O)C1CCN(C(=O)Cn2c(=NC(=O)c3cccc(C(F)(F)F)c3)sc3ccccc32)CC1. The normalized spacial score (nSPS) is 15.3. The van der Waals surface area contributed by atoms with Crippen LogP contribution in [0.25, 0.3) is 10.2 Å². The standard InChI is InChI=1S/C25H24F3N3O4S/c1-2-35-23(34)16-10-12-30(13-11-16)21(32)15-31-19-8-3-4-9-20(19)36-24(31)29-22(33)17-6-5-7-18(14-17)25(26,27)28/h3-9,14,16H,2,10-13,15H2,1H3. The van der Waals surface area contributed by atoms with Crippen molar-refractivity contribution >= 4 is 39.3 Å². The molecule has 2 amide bonds. The zero-order valence-corrected chi connectivity index (χ0v) is 20.3. The van der Waals surface area contributed by atoms with E-state index in [0.717, 1.165) is 22.9 Å². The molecule has 1 aromatic heterocycles. The monoisotopic (exact) mass is 519 g/mol. The molecule has 1 aliphatic heterocycles. The van der Waals surface area contributed by atoms with E-state index < -0.39 is 17.6 Å². The summed E-state index contributed by atoms with van der Waals surface area (Å²) in [7, 11) is 0. The van der Waals surface area contributed by atoms with Gasteiger partial charge in [0.15, 0.2) is 4.80 Å². The first-order valence-electron chi connectivity index (χ1n) is 11.5. The minimum absolute atomic E-state index is 0.0945. The second kappa shape index (κ2) is 10.7. The molecule has 0 aliphatic carbocycles. The molecule has 0 bridgehead atoms. The Kier molecular flexibility index (Phi) is 7.58. The number of esters is 1. The van der Waals surface area contributed by atoms with Crippen LogP contribution in [0, 0.1) is 5.92 Å². The summed E-state index contributed by atoms with van der Waals surface area (Å²) in [6, 6.07) is 11.3. The number of carbonyl (C=O) groups excluding carboxylic acids is 3. The van der Waals surface area contributed by atoms with Crippen molar-refractivity contribution in [3.8, 4) is 0 Å². The summed E-state index contributed by atoms with van der Waals surface area (Å²) in [6.45, 7) is 2.77. The van der Waals surface area contributed by atoms with Crippen molar-refractivity contribution in [3.63, 3.8) is 0 Å². The summed E-state index contributed by atoms with van der Waals surface area (Å²) in [4.78, 5) is 43.8. The summed E-state index contributed by atoms with van der Waals surface area (Å²) in [6.07, 6.45) is -3.57. The Morgan fingerprint density at radius 3 is 2.50 bits per heavy atom. The van der Waals surface area contributed by atoms with E-state index in [1.54, 1.807) is 28.5 Å². The lowest BCUT2D eigenvalue weighted by atomic mass is 9.97. The number of ether oxygens (including phenoxy) is 1. The van der Waals surface area contributed by atoms with Gasteiger partial charge in [-0.1, -0.05) is 29.5 Å². The smallest absolute Gasteiger partial charge is 0.416 e. The quantitative estimate of drug-likeness (QED) is 0.472. The van der Waals surface area contributed by atoms with Gasteiger partial charge in [0, 0.05) is 18.7 Å². The van der Waals surface area contributed by atoms with E-state index in [9.17, 15) is 27.6 Å². The fraction of sp³-hybridized carbons (Fsp3) is 0.360. The summed E-state index contributed by atoms with van der Waals surface area (Å²) in [5.41, 5.74) is -0.441. The van der Waals surface area contributed by atoms with Crippen LogP contribution in [-0.2, 0) is 27.0 Å². The molecule has 36 heavy (non-hydrogen) atoms. The maximum absolute atomic E-state index is 13.1. The number of benzene rings is 2. The van der Waals surface area contributed by atoms with E-state index in [1.165, 1.54) is 17.4 Å². The number of fused-ring (bicyclic) bond motifs is 1. The van der Waals surface area contributed by atoms with Crippen LogP contribution in [0.1, 0.15) is 35.7 Å². The molecule has 0 N–H and O–H groups in total. The van der Waals surface area contributed by atoms with E-state index >= 15 is 0 Å². The van der Waals surface area contributed by atoms with Crippen LogP contribution in [-0.4, -0.2) is 46.9 Å². The molecule has 3 aromatic rings. The average Bonchev–Trinajstić information content (AvgIpc) is 3.20. The minimum Gasteiger partial charge on any atom is -0.466 e. The molecule has 2 heterocycles.